The Morgan fingerprint density at radius 1 is 1.24 bits per heavy atom. The molecule has 0 radical (unpaired) electrons. The second-order valence-corrected chi connectivity index (χ2v) is 5.55. The van der Waals surface area contributed by atoms with Crippen molar-refractivity contribution in [3.63, 3.8) is 0 Å². The molecule has 1 saturated heterocycles. The third-order valence-corrected chi connectivity index (χ3v) is 4.04. The minimum Gasteiger partial charge on any atom is -0.329 e. The molecule has 0 aromatic heterocycles. The Kier molecular flexibility index (Phi) is 6.17. The van der Waals surface area contributed by atoms with Gasteiger partial charge in [-0.25, -0.2) is 0 Å². The van der Waals surface area contributed by atoms with E-state index < -0.39 is 0 Å². The lowest BCUT2D eigenvalue weighted by Crippen LogP contribution is -2.44. The quantitative estimate of drug-likeness (QED) is 0.848. The summed E-state index contributed by atoms with van der Waals surface area (Å²) in [5, 5.41) is 2.98. The Morgan fingerprint density at radius 3 is 2.71 bits per heavy atom. The number of amides is 1. The van der Waals surface area contributed by atoms with Gasteiger partial charge in [0.05, 0.1) is 6.04 Å². The fourth-order valence-corrected chi connectivity index (χ4v) is 2.72. The molecule has 0 aliphatic carbocycles. The second-order valence-electron chi connectivity index (χ2n) is 5.55. The van der Waals surface area contributed by atoms with E-state index in [0.717, 1.165) is 44.8 Å². The van der Waals surface area contributed by atoms with Crippen LogP contribution in [0, 0.1) is 0 Å². The average molecular weight is 290 g/mol. The Morgan fingerprint density at radius 2 is 2.00 bits per heavy atom. The molecule has 1 aliphatic heterocycles. The van der Waals surface area contributed by atoms with E-state index in [1.165, 1.54) is 0 Å². The van der Waals surface area contributed by atoms with E-state index in [1.54, 1.807) is 0 Å². The lowest BCUT2D eigenvalue weighted by atomic mass is 10.2. The van der Waals surface area contributed by atoms with Crippen molar-refractivity contribution >= 4 is 11.6 Å². The molecule has 3 N–H and O–H groups in total. The Bertz CT molecular complexity index is 437. The molecule has 1 aliphatic rings. The van der Waals surface area contributed by atoms with E-state index in [2.05, 4.69) is 15.1 Å². The highest BCUT2D eigenvalue weighted by Crippen LogP contribution is 2.10. The summed E-state index contributed by atoms with van der Waals surface area (Å²) >= 11 is 0. The minimum absolute atomic E-state index is 0.0634. The van der Waals surface area contributed by atoms with Crippen LogP contribution in [0.3, 0.4) is 0 Å². The number of nitrogens with zero attached hydrogens (tertiary/aromatic N) is 2. The number of rotatable bonds is 5. The van der Waals surface area contributed by atoms with Crippen LogP contribution in [-0.2, 0) is 4.79 Å². The van der Waals surface area contributed by atoms with Crippen LogP contribution < -0.4 is 11.1 Å². The van der Waals surface area contributed by atoms with Gasteiger partial charge in [-0.1, -0.05) is 18.2 Å². The van der Waals surface area contributed by atoms with Crippen molar-refractivity contribution in [1.82, 2.24) is 9.80 Å². The molecule has 0 spiro atoms. The Labute approximate surface area is 127 Å². The molecule has 0 saturated carbocycles. The van der Waals surface area contributed by atoms with E-state index in [4.69, 9.17) is 5.73 Å². The minimum atomic E-state index is -0.108. The van der Waals surface area contributed by atoms with Crippen LogP contribution in [0.5, 0.6) is 0 Å². The molecule has 2 rings (SSSR count). The summed E-state index contributed by atoms with van der Waals surface area (Å²) in [6.07, 6.45) is 1.09. The maximum absolute atomic E-state index is 12.3. The van der Waals surface area contributed by atoms with Crippen molar-refractivity contribution in [3.05, 3.63) is 30.3 Å². The topological polar surface area (TPSA) is 61.6 Å². The van der Waals surface area contributed by atoms with Crippen molar-refractivity contribution in [2.75, 3.05) is 44.6 Å². The van der Waals surface area contributed by atoms with Gasteiger partial charge in [0, 0.05) is 38.4 Å². The number of nitrogens with one attached hydrogen (secondary N) is 1. The standard InChI is InChI=1S/C16H26N4O/c1-14(16(21)18-15-6-3-2-4-7-15)20-10-5-9-19(11-8-17)12-13-20/h2-4,6-7,14H,5,8-13,17H2,1H3,(H,18,21). The number of hydrogen-bond acceptors (Lipinski definition) is 4. The zero-order valence-corrected chi connectivity index (χ0v) is 12.8. The van der Waals surface area contributed by atoms with E-state index in [0.29, 0.717) is 6.54 Å². The van der Waals surface area contributed by atoms with Gasteiger partial charge < -0.3 is 16.0 Å². The molecular weight excluding hydrogens is 264 g/mol. The highest BCUT2D eigenvalue weighted by Gasteiger charge is 2.23. The van der Waals surface area contributed by atoms with Crippen LogP contribution in [0.15, 0.2) is 30.3 Å². The Hall–Kier alpha value is -1.43. The summed E-state index contributed by atoms with van der Waals surface area (Å²) < 4.78 is 0. The first-order valence-electron chi connectivity index (χ1n) is 7.73. The van der Waals surface area contributed by atoms with Crippen LogP contribution in [0.1, 0.15) is 13.3 Å². The summed E-state index contributed by atoms with van der Waals surface area (Å²) in [6, 6.07) is 9.52. The zero-order chi connectivity index (χ0) is 15.1. The van der Waals surface area contributed by atoms with Crippen LogP contribution in [0.2, 0.25) is 0 Å². The van der Waals surface area contributed by atoms with Crippen LogP contribution >= 0.6 is 0 Å². The van der Waals surface area contributed by atoms with Gasteiger partial charge in [0.25, 0.3) is 0 Å². The van der Waals surface area contributed by atoms with E-state index in [1.807, 2.05) is 37.3 Å². The van der Waals surface area contributed by atoms with Gasteiger partial charge in [0.2, 0.25) is 5.91 Å². The normalized spacial score (nSPS) is 19.0. The maximum atomic E-state index is 12.3. The number of carbonyl (C=O) groups excluding carboxylic acids is 1. The number of nitrogens with two attached hydrogens (primary N) is 1. The lowest BCUT2D eigenvalue weighted by Gasteiger charge is -2.27. The number of carbonyl (C=O) groups is 1. The maximum Gasteiger partial charge on any atom is 0.241 e. The number of anilines is 1. The summed E-state index contributed by atoms with van der Waals surface area (Å²) in [7, 11) is 0. The molecule has 1 heterocycles. The fraction of sp³-hybridized carbons (Fsp3) is 0.562. The van der Waals surface area contributed by atoms with E-state index in [-0.39, 0.29) is 11.9 Å². The summed E-state index contributed by atoms with van der Waals surface area (Å²) in [6.45, 7) is 7.56. The number of para-hydroxylation sites is 1. The molecule has 1 aromatic carbocycles. The first-order chi connectivity index (χ1) is 10.2. The molecule has 1 amide bonds. The Balaban J connectivity index is 1.87. The van der Waals surface area contributed by atoms with Crippen molar-refractivity contribution in [2.24, 2.45) is 5.73 Å². The first-order valence-corrected chi connectivity index (χ1v) is 7.73. The predicted octanol–water partition coefficient (Wildman–Crippen LogP) is 0.980. The fourth-order valence-electron chi connectivity index (χ4n) is 2.72. The van der Waals surface area contributed by atoms with E-state index in [9.17, 15) is 4.79 Å². The van der Waals surface area contributed by atoms with Gasteiger partial charge in [-0.3, -0.25) is 9.69 Å². The third kappa shape index (κ3) is 4.81. The summed E-state index contributed by atoms with van der Waals surface area (Å²) in [5.74, 6) is 0.0634. The smallest absolute Gasteiger partial charge is 0.241 e. The number of benzene rings is 1. The summed E-state index contributed by atoms with van der Waals surface area (Å²) in [4.78, 5) is 17.0. The average Bonchev–Trinajstić information content (AvgIpc) is 2.73. The molecule has 1 unspecified atom stereocenters. The molecular formula is C16H26N4O. The van der Waals surface area contributed by atoms with Crippen LogP contribution in [0.4, 0.5) is 5.69 Å². The van der Waals surface area contributed by atoms with Gasteiger partial charge in [-0.15, -0.1) is 0 Å². The van der Waals surface area contributed by atoms with Gasteiger partial charge in [0.15, 0.2) is 0 Å². The van der Waals surface area contributed by atoms with Gasteiger partial charge >= 0.3 is 0 Å². The molecule has 1 aromatic rings. The van der Waals surface area contributed by atoms with Gasteiger partial charge in [0.1, 0.15) is 0 Å². The SMILES string of the molecule is CC(C(=O)Nc1ccccc1)N1CCCN(CCN)CC1. The zero-order valence-electron chi connectivity index (χ0n) is 12.8. The van der Waals surface area contributed by atoms with Crippen molar-refractivity contribution in [2.45, 2.75) is 19.4 Å². The molecule has 116 valence electrons. The highest BCUT2D eigenvalue weighted by atomic mass is 16.2. The van der Waals surface area contributed by atoms with Crippen molar-refractivity contribution < 1.29 is 4.79 Å². The molecule has 5 heteroatoms. The molecule has 5 nitrogen and oxygen atoms in total. The van der Waals surface area contributed by atoms with Gasteiger partial charge in [-0.2, -0.15) is 0 Å². The monoisotopic (exact) mass is 290 g/mol. The predicted molar refractivity (Wildman–Crippen MR) is 86.2 cm³/mol. The lowest BCUT2D eigenvalue weighted by molar-refractivity contribution is -0.120. The highest BCUT2D eigenvalue weighted by molar-refractivity contribution is 5.94. The third-order valence-electron chi connectivity index (χ3n) is 4.04. The van der Waals surface area contributed by atoms with Crippen molar-refractivity contribution in [1.29, 1.82) is 0 Å². The van der Waals surface area contributed by atoms with Crippen LogP contribution in [-0.4, -0.2) is 61.0 Å². The van der Waals surface area contributed by atoms with E-state index >= 15 is 0 Å². The van der Waals surface area contributed by atoms with Crippen molar-refractivity contribution in [3.8, 4) is 0 Å². The molecule has 0 bridgehead atoms. The number of hydrogen-bond donors (Lipinski definition) is 2. The summed E-state index contributed by atoms with van der Waals surface area (Å²) in [5.41, 5.74) is 6.48. The largest absolute Gasteiger partial charge is 0.329 e. The molecule has 1 atom stereocenters. The molecule has 1 fully saturated rings. The molecule has 21 heavy (non-hydrogen) atoms. The van der Waals surface area contributed by atoms with Gasteiger partial charge in [-0.05, 0) is 32.0 Å². The van der Waals surface area contributed by atoms with Crippen LogP contribution in [0.25, 0.3) is 0 Å². The first kappa shape index (κ1) is 15.9. The second kappa shape index (κ2) is 8.12.